The quantitative estimate of drug-likeness (QED) is 0.283. The maximum atomic E-state index is 14.8. The fourth-order valence-electron chi connectivity index (χ4n) is 3.10. The van der Waals surface area contributed by atoms with E-state index in [9.17, 15) is 54.4 Å². The van der Waals surface area contributed by atoms with Gasteiger partial charge >= 0.3 is 23.9 Å². The van der Waals surface area contributed by atoms with Crippen LogP contribution in [0.2, 0.25) is 0 Å². The second kappa shape index (κ2) is 9.21. The van der Waals surface area contributed by atoms with Crippen LogP contribution in [-0.4, -0.2) is 36.2 Å². The Morgan fingerprint density at radius 2 is 1.61 bits per heavy atom. The number of halogens is 9. The summed E-state index contributed by atoms with van der Waals surface area (Å²) >= 11 is 0. The summed E-state index contributed by atoms with van der Waals surface area (Å²) in [4.78, 5) is 22.6. The lowest BCUT2D eigenvalue weighted by molar-refractivity contribution is -0.389. The number of aryl methyl sites for hydroxylation is 1. The Bertz CT molecular complexity index is 1250. The van der Waals surface area contributed by atoms with Gasteiger partial charge in [-0.05, 0) is 36.8 Å². The second-order valence-corrected chi connectivity index (χ2v) is 7.15. The average Bonchev–Trinajstić information content (AvgIpc) is 2.77. The third-order valence-corrected chi connectivity index (χ3v) is 4.91. The Morgan fingerprint density at radius 3 is 2.06 bits per heavy atom. The zero-order valence-electron chi connectivity index (χ0n) is 17.8. The van der Waals surface area contributed by atoms with E-state index in [-0.39, 0.29) is 12.1 Å². The monoisotopic (exact) mass is 529 g/mol. The lowest BCUT2D eigenvalue weighted by Crippen LogP contribution is -2.59. The molecule has 0 aromatic heterocycles. The van der Waals surface area contributed by atoms with E-state index in [2.05, 4.69) is 10.1 Å². The molecule has 36 heavy (non-hydrogen) atoms. The van der Waals surface area contributed by atoms with Gasteiger partial charge in [-0.25, -0.2) is 4.39 Å². The molecule has 16 heteroatoms. The van der Waals surface area contributed by atoms with Crippen molar-refractivity contribution in [2.75, 3.05) is 12.4 Å². The molecule has 0 spiro atoms. The molecular weight excluding hydrogens is 517 g/mol. The Balaban J connectivity index is 2.64. The Labute approximate surface area is 195 Å². The van der Waals surface area contributed by atoms with Gasteiger partial charge in [-0.15, -0.1) is 0 Å². The first-order valence-electron chi connectivity index (χ1n) is 9.22. The minimum Gasteiger partial charge on any atom is -0.495 e. The molecule has 0 aliphatic carbocycles. The first-order valence-corrected chi connectivity index (χ1v) is 9.22. The van der Waals surface area contributed by atoms with Crippen molar-refractivity contribution in [1.82, 2.24) is 0 Å². The van der Waals surface area contributed by atoms with Crippen LogP contribution < -0.4 is 10.1 Å². The highest BCUT2D eigenvalue weighted by Gasteiger charge is 2.81. The molecule has 1 unspecified atom stereocenters. The highest BCUT2D eigenvalue weighted by Crippen LogP contribution is 2.59. The van der Waals surface area contributed by atoms with Crippen molar-refractivity contribution >= 4 is 17.3 Å². The zero-order chi connectivity index (χ0) is 27.9. The Morgan fingerprint density at radius 1 is 1.03 bits per heavy atom. The number of hydrogen-bond donors (Lipinski definition) is 1. The summed E-state index contributed by atoms with van der Waals surface area (Å²) in [5.74, 6) is -9.01. The number of amides is 1. The van der Waals surface area contributed by atoms with Crippen molar-refractivity contribution in [2.45, 2.75) is 30.9 Å². The van der Waals surface area contributed by atoms with Gasteiger partial charge in [0.15, 0.2) is 0 Å². The number of methoxy groups -OCH3 is 1. The number of ether oxygens (including phenoxy) is 1. The average molecular weight is 529 g/mol. The van der Waals surface area contributed by atoms with E-state index in [4.69, 9.17) is 5.26 Å². The molecule has 2 rings (SSSR count). The summed E-state index contributed by atoms with van der Waals surface area (Å²) in [6.45, 7) is 0.853. The summed E-state index contributed by atoms with van der Waals surface area (Å²) in [6.07, 6.45) is -13.7. The summed E-state index contributed by atoms with van der Waals surface area (Å²) in [5, 5.41) is 22.0. The molecule has 2 aromatic rings. The van der Waals surface area contributed by atoms with Gasteiger partial charge in [0.2, 0.25) is 0 Å². The first kappa shape index (κ1) is 28.2. The van der Waals surface area contributed by atoms with Crippen LogP contribution in [0, 0.1) is 28.4 Å². The van der Waals surface area contributed by atoms with Gasteiger partial charge in [0, 0.05) is 17.2 Å². The van der Waals surface area contributed by atoms with Crippen molar-refractivity contribution in [2.24, 2.45) is 0 Å². The number of alkyl halides is 9. The van der Waals surface area contributed by atoms with Crippen molar-refractivity contribution in [3.63, 3.8) is 0 Å². The van der Waals surface area contributed by atoms with E-state index in [1.165, 1.54) is 6.07 Å². The van der Waals surface area contributed by atoms with E-state index in [1.54, 1.807) is 0 Å². The number of carbonyl (C=O) groups excluding carboxylic acids is 1. The van der Waals surface area contributed by atoms with E-state index in [1.807, 2.05) is 0 Å². The van der Waals surface area contributed by atoms with Gasteiger partial charge in [0.1, 0.15) is 17.4 Å². The molecule has 7 nitrogen and oxygen atoms in total. The van der Waals surface area contributed by atoms with E-state index >= 15 is 0 Å². The topological polar surface area (TPSA) is 105 Å². The van der Waals surface area contributed by atoms with Crippen molar-refractivity contribution in [1.29, 1.82) is 5.26 Å². The molecule has 0 heterocycles. The first-order chi connectivity index (χ1) is 16.3. The van der Waals surface area contributed by atoms with Crippen LogP contribution >= 0.6 is 0 Å². The SMILES string of the molecule is COc1cc(C(F)(C(F)(F)F)C(F)(F)C(F)(F)F)cc(C)c1NC(=O)c1ccc(C#N)c([N+](=O)[O-])c1. The lowest BCUT2D eigenvalue weighted by Gasteiger charge is -2.36. The van der Waals surface area contributed by atoms with Gasteiger partial charge in [-0.1, -0.05) is 0 Å². The lowest BCUT2D eigenvalue weighted by atomic mass is 9.86. The predicted molar refractivity (Wildman–Crippen MR) is 103 cm³/mol. The maximum Gasteiger partial charge on any atom is 0.457 e. The van der Waals surface area contributed by atoms with Crippen molar-refractivity contribution in [3.8, 4) is 11.8 Å². The largest absolute Gasteiger partial charge is 0.495 e. The van der Waals surface area contributed by atoms with Gasteiger partial charge in [0.25, 0.3) is 11.6 Å². The van der Waals surface area contributed by atoms with E-state index in [0.29, 0.717) is 6.07 Å². The summed E-state index contributed by atoms with van der Waals surface area (Å²) in [5.41, 5.74) is -11.2. The molecule has 0 aliphatic heterocycles. The number of nitro groups is 1. The minimum atomic E-state index is -6.93. The van der Waals surface area contributed by atoms with Gasteiger partial charge in [-0.3, -0.25) is 14.9 Å². The molecule has 0 aliphatic rings. The molecule has 0 radical (unpaired) electrons. The number of anilines is 1. The number of nitriles is 1. The standard InChI is InChI=1S/C20H12F9N3O4/c1-9-5-12(17(21,19(24,25)26)18(22,23)20(27,28)29)7-14(36-2)15(9)31-16(33)10-3-4-11(8-30)13(6-10)32(34)35/h3-7H,1-2H3,(H,31,33). The minimum absolute atomic E-state index is 0.0203. The molecule has 0 saturated carbocycles. The zero-order valence-corrected chi connectivity index (χ0v) is 17.8. The summed E-state index contributed by atoms with van der Waals surface area (Å²) in [6, 6.07) is 4.02. The third-order valence-electron chi connectivity index (χ3n) is 4.91. The van der Waals surface area contributed by atoms with Crippen molar-refractivity contribution in [3.05, 3.63) is 62.7 Å². The number of nitro benzene ring substituents is 1. The number of benzene rings is 2. The highest BCUT2D eigenvalue weighted by molar-refractivity contribution is 6.06. The molecular formula is C20H12F9N3O4. The van der Waals surface area contributed by atoms with Crippen LogP contribution in [0.25, 0.3) is 0 Å². The van der Waals surface area contributed by atoms with Crippen LogP contribution in [0.4, 0.5) is 50.9 Å². The summed E-state index contributed by atoms with van der Waals surface area (Å²) in [7, 11) is 0.746. The molecule has 2 aromatic carbocycles. The summed E-state index contributed by atoms with van der Waals surface area (Å²) < 4.78 is 125. The molecule has 1 atom stereocenters. The third kappa shape index (κ3) is 4.60. The maximum absolute atomic E-state index is 14.8. The van der Waals surface area contributed by atoms with Crippen LogP contribution in [0.3, 0.4) is 0 Å². The van der Waals surface area contributed by atoms with Crippen LogP contribution in [0.15, 0.2) is 30.3 Å². The smallest absolute Gasteiger partial charge is 0.457 e. The van der Waals surface area contributed by atoms with Gasteiger partial charge in [0.05, 0.1) is 17.7 Å². The number of rotatable bonds is 6. The Kier molecular flexibility index (Phi) is 7.21. The molecule has 0 saturated heterocycles. The van der Waals surface area contributed by atoms with Gasteiger partial charge < -0.3 is 10.1 Å². The molecule has 0 bridgehead atoms. The fourth-order valence-corrected chi connectivity index (χ4v) is 3.10. The van der Waals surface area contributed by atoms with Crippen LogP contribution in [-0.2, 0) is 5.67 Å². The Hall–Kier alpha value is -4.03. The van der Waals surface area contributed by atoms with E-state index < -0.39 is 74.2 Å². The van der Waals surface area contributed by atoms with Crippen molar-refractivity contribution < 1.29 is 54.0 Å². The second-order valence-electron chi connectivity index (χ2n) is 7.15. The number of hydrogen-bond acceptors (Lipinski definition) is 5. The fraction of sp³-hybridized carbons (Fsp3) is 0.300. The van der Waals surface area contributed by atoms with Crippen LogP contribution in [0.5, 0.6) is 5.75 Å². The molecule has 1 amide bonds. The normalized spacial score (nSPS) is 13.9. The highest BCUT2D eigenvalue weighted by atomic mass is 19.4. The molecule has 1 N–H and O–H groups in total. The molecule has 0 fully saturated rings. The predicted octanol–water partition coefficient (Wildman–Crippen LogP) is 5.96. The number of carbonyl (C=O) groups is 1. The van der Waals surface area contributed by atoms with Gasteiger partial charge in [-0.2, -0.15) is 40.4 Å². The molecule has 194 valence electrons. The van der Waals surface area contributed by atoms with Crippen LogP contribution in [0.1, 0.15) is 27.0 Å². The number of nitrogens with zero attached hydrogens (tertiary/aromatic N) is 2. The van der Waals surface area contributed by atoms with E-state index in [0.717, 1.165) is 26.2 Å². The number of nitrogens with one attached hydrogen (secondary N) is 1.